The van der Waals surface area contributed by atoms with Gasteiger partial charge in [0.2, 0.25) is 5.91 Å². The maximum atomic E-state index is 12.2. The second-order valence-corrected chi connectivity index (χ2v) is 7.15. The van der Waals surface area contributed by atoms with E-state index >= 15 is 0 Å². The molecule has 6 heteroatoms. The third kappa shape index (κ3) is 5.12. The molecule has 0 heterocycles. The lowest BCUT2D eigenvalue weighted by molar-refractivity contribution is -0.117. The lowest BCUT2D eigenvalue weighted by Crippen LogP contribution is -2.30. The van der Waals surface area contributed by atoms with E-state index in [1.165, 1.54) is 16.7 Å². The molecule has 1 N–H and O–H groups in total. The molecule has 1 amide bonds. The molecular formula is C18H19Cl3N2O. The highest BCUT2D eigenvalue weighted by molar-refractivity contribution is 6.42. The van der Waals surface area contributed by atoms with E-state index in [4.69, 9.17) is 34.8 Å². The van der Waals surface area contributed by atoms with Gasteiger partial charge in [-0.1, -0.05) is 58.6 Å². The molecule has 0 aromatic heterocycles. The Balaban J connectivity index is 1.99. The van der Waals surface area contributed by atoms with Crippen LogP contribution in [0.25, 0.3) is 0 Å². The number of hydrogen-bond acceptors (Lipinski definition) is 2. The summed E-state index contributed by atoms with van der Waals surface area (Å²) in [4.78, 5) is 14.2. The van der Waals surface area contributed by atoms with E-state index in [1.807, 2.05) is 11.9 Å². The molecule has 0 aliphatic heterocycles. The summed E-state index contributed by atoms with van der Waals surface area (Å²) in [6.45, 7) is 5.04. The molecule has 0 atom stereocenters. The number of hydrogen-bond donors (Lipinski definition) is 1. The highest BCUT2D eigenvalue weighted by Crippen LogP contribution is 2.33. The van der Waals surface area contributed by atoms with Crippen LogP contribution in [0.15, 0.2) is 30.3 Å². The van der Waals surface area contributed by atoms with Crippen molar-refractivity contribution in [1.82, 2.24) is 4.90 Å². The fourth-order valence-electron chi connectivity index (χ4n) is 2.46. The molecule has 3 nitrogen and oxygen atoms in total. The Morgan fingerprint density at radius 3 is 2.29 bits per heavy atom. The summed E-state index contributed by atoms with van der Waals surface area (Å²) in [7, 11) is 1.89. The molecule has 0 radical (unpaired) electrons. The average Bonchev–Trinajstić information content (AvgIpc) is 2.45. The average molecular weight is 386 g/mol. The number of carbonyl (C=O) groups excluding carboxylic acids is 1. The number of amides is 1. The van der Waals surface area contributed by atoms with Crippen LogP contribution in [-0.2, 0) is 11.3 Å². The maximum absolute atomic E-state index is 12.2. The topological polar surface area (TPSA) is 32.3 Å². The standard InChI is InChI=1S/C18H19Cl3N2O/c1-11-4-5-13(12(2)6-11)9-23(3)10-17(24)22-18-15(20)7-14(19)8-16(18)21/h4-8H,9-10H2,1-3H3,(H,22,24). The monoisotopic (exact) mass is 384 g/mol. The molecular weight excluding hydrogens is 367 g/mol. The minimum Gasteiger partial charge on any atom is -0.322 e. The maximum Gasteiger partial charge on any atom is 0.238 e. The third-order valence-corrected chi connectivity index (χ3v) is 4.44. The van der Waals surface area contributed by atoms with Crippen LogP contribution < -0.4 is 5.32 Å². The number of nitrogens with one attached hydrogen (secondary N) is 1. The van der Waals surface area contributed by atoms with Crippen LogP contribution in [0, 0.1) is 13.8 Å². The van der Waals surface area contributed by atoms with Gasteiger partial charge in [-0.2, -0.15) is 0 Å². The number of carbonyl (C=O) groups is 1. The zero-order valence-electron chi connectivity index (χ0n) is 13.8. The summed E-state index contributed by atoms with van der Waals surface area (Å²) in [5.41, 5.74) is 4.01. The minimum atomic E-state index is -0.187. The second kappa shape index (κ2) is 8.21. The quantitative estimate of drug-likeness (QED) is 0.754. The smallest absolute Gasteiger partial charge is 0.238 e. The van der Waals surface area contributed by atoms with Gasteiger partial charge in [-0.25, -0.2) is 0 Å². The van der Waals surface area contributed by atoms with E-state index in [9.17, 15) is 4.79 Å². The Hall–Kier alpha value is -1.26. The van der Waals surface area contributed by atoms with Gasteiger partial charge in [-0.3, -0.25) is 9.69 Å². The molecule has 2 aromatic rings. The van der Waals surface area contributed by atoms with Crippen molar-refractivity contribution in [2.45, 2.75) is 20.4 Å². The van der Waals surface area contributed by atoms with E-state index in [1.54, 1.807) is 12.1 Å². The minimum absolute atomic E-state index is 0.187. The van der Waals surface area contributed by atoms with Crippen LogP contribution >= 0.6 is 34.8 Å². The number of likely N-dealkylation sites (N-methyl/N-ethyl adjacent to an activating group) is 1. The first-order valence-corrected chi connectivity index (χ1v) is 8.58. The molecule has 0 aliphatic carbocycles. The van der Waals surface area contributed by atoms with E-state index in [0.717, 1.165) is 0 Å². The molecule has 0 saturated heterocycles. The molecule has 0 bridgehead atoms. The summed E-state index contributed by atoms with van der Waals surface area (Å²) < 4.78 is 0. The fourth-order valence-corrected chi connectivity index (χ4v) is 3.37. The van der Waals surface area contributed by atoms with Crippen molar-refractivity contribution in [2.75, 3.05) is 18.9 Å². The first-order chi connectivity index (χ1) is 11.3. The van der Waals surface area contributed by atoms with Crippen molar-refractivity contribution < 1.29 is 4.79 Å². The summed E-state index contributed by atoms with van der Waals surface area (Å²) >= 11 is 18.0. The summed E-state index contributed by atoms with van der Waals surface area (Å²) in [5.74, 6) is -0.187. The van der Waals surface area contributed by atoms with Gasteiger partial charge in [0.05, 0.1) is 22.3 Å². The van der Waals surface area contributed by atoms with E-state index in [0.29, 0.717) is 27.3 Å². The number of aryl methyl sites for hydroxylation is 2. The predicted octanol–water partition coefficient (Wildman–Crippen LogP) is 5.33. The fraction of sp³-hybridized carbons (Fsp3) is 0.278. The largest absolute Gasteiger partial charge is 0.322 e. The van der Waals surface area contributed by atoms with Gasteiger partial charge in [0.25, 0.3) is 0 Å². The molecule has 0 unspecified atom stereocenters. The predicted molar refractivity (Wildman–Crippen MR) is 102 cm³/mol. The zero-order valence-corrected chi connectivity index (χ0v) is 16.1. The summed E-state index contributed by atoms with van der Waals surface area (Å²) in [6.07, 6.45) is 0. The van der Waals surface area contributed by atoms with Gasteiger partial charge in [0, 0.05) is 11.6 Å². The van der Waals surface area contributed by atoms with E-state index in [2.05, 4.69) is 37.4 Å². The molecule has 0 saturated carbocycles. The molecule has 128 valence electrons. The first kappa shape index (κ1) is 19.1. The van der Waals surface area contributed by atoms with Crippen molar-refractivity contribution >= 4 is 46.4 Å². The number of rotatable bonds is 5. The number of anilines is 1. The van der Waals surface area contributed by atoms with E-state index in [-0.39, 0.29) is 12.5 Å². The van der Waals surface area contributed by atoms with Crippen LogP contribution in [0.3, 0.4) is 0 Å². The van der Waals surface area contributed by atoms with Crippen LogP contribution in [0.2, 0.25) is 15.1 Å². The molecule has 2 aromatic carbocycles. The van der Waals surface area contributed by atoms with Gasteiger partial charge in [0.15, 0.2) is 0 Å². The van der Waals surface area contributed by atoms with Crippen molar-refractivity contribution in [3.05, 3.63) is 62.1 Å². The van der Waals surface area contributed by atoms with E-state index < -0.39 is 0 Å². The highest BCUT2D eigenvalue weighted by atomic mass is 35.5. The van der Waals surface area contributed by atoms with Gasteiger partial charge < -0.3 is 5.32 Å². The Labute approximate surface area is 157 Å². The van der Waals surface area contributed by atoms with Gasteiger partial charge in [-0.05, 0) is 44.2 Å². The summed E-state index contributed by atoms with van der Waals surface area (Å²) in [6, 6.07) is 9.39. The Kier molecular flexibility index (Phi) is 6.53. The zero-order chi connectivity index (χ0) is 17.9. The molecule has 24 heavy (non-hydrogen) atoms. The first-order valence-electron chi connectivity index (χ1n) is 7.45. The van der Waals surface area contributed by atoms with Crippen molar-refractivity contribution in [3.8, 4) is 0 Å². The lowest BCUT2D eigenvalue weighted by Gasteiger charge is -2.18. The van der Waals surface area contributed by atoms with Crippen molar-refractivity contribution in [3.63, 3.8) is 0 Å². The molecule has 2 rings (SSSR count). The van der Waals surface area contributed by atoms with Gasteiger partial charge in [-0.15, -0.1) is 0 Å². The molecule has 0 fully saturated rings. The van der Waals surface area contributed by atoms with Crippen LogP contribution in [-0.4, -0.2) is 24.4 Å². The normalized spacial score (nSPS) is 11.0. The Bertz CT molecular complexity index is 739. The van der Waals surface area contributed by atoms with Crippen molar-refractivity contribution in [1.29, 1.82) is 0 Å². The molecule has 0 spiro atoms. The number of halogens is 3. The lowest BCUT2D eigenvalue weighted by atomic mass is 10.1. The van der Waals surface area contributed by atoms with Crippen LogP contribution in [0.4, 0.5) is 5.69 Å². The highest BCUT2D eigenvalue weighted by Gasteiger charge is 2.13. The van der Waals surface area contributed by atoms with Crippen LogP contribution in [0.5, 0.6) is 0 Å². The second-order valence-electron chi connectivity index (χ2n) is 5.89. The van der Waals surface area contributed by atoms with Crippen LogP contribution in [0.1, 0.15) is 16.7 Å². The molecule has 0 aliphatic rings. The number of nitrogens with zero attached hydrogens (tertiary/aromatic N) is 1. The summed E-state index contributed by atoms with van der Waals surface area (Å²) in [5, 5.41) is 3.80. The Morgan fingerprint density at radius 1 is 1.08 bits per heavy atom. The van der Waals surface area contributed by atoms with Crippen molar-refractivity contribution in [2.24, 2.45) is 0 Å². The third-order valence-electron chi connectivity index (χ3n) is 3.62. The van der Waals surface area contributed by atoms with Gasteiger partial charge in [0.1, 0.15) is 0 Å². The SMILES string of the molecule is Cc1ccc(CN(C)CC(=O)Nc2c(Cl)cc(Cl)cc2Cl)c(C)c1. The Morgan fingerprint density at radius 2 is 1.71 bits per heavy atom. The van der Waals surface area contributed by atoms with Gasteiger partial charge >= 0.3 is 0 Å². The number of benzene rings is 2.